The van der Waals surface area contributed by atoms with Crippen molar-refractivity contribution in [3.8, 4) is 0 Å². The first-order valence-corrected chi connectivity index (χ1v) is 20.0. The highest BCUT2D eigenvalue weighted by Gasteiger charge is 2.60. The number of esters is 1. The lowest BCUT2D eigenvalue weighted by molar-refractivity contribution is -0.281. The Morgan fingerprint density at radius 2 is 1.79 bits per heavy atom. The number of hydrogen-bond acceptors (Lipinski definition) is 13. The number of benzene rings is 1. The first-order valence-electron chi connectivity index (χ1n) is 20.0. The van der Waals surface area contributed by atoms with Gasteiger partial charge >= 0.3 is 12.1 Å². The summed E-state index contributed by atoms with van der Waals surface area (Å²) in [5.74, 6) is -3.06. The number of aliphatic hydroxyl groups excluding tert-OH is 1. The van der Waals surface area contributed by atoms with E-state index in [-0.39, 0.29) is 36.4 Å². The number of nitrogens with zero attached hydrogens (tertiary/aromatic N) is 5. The van der Waals surface area contributed by atoms with Crippen LogP contribution in [0, 0.1) is 23.7 Å². The van der Waals surface area contributed by atoms with Crippen LogP contribution in [0.5, 0.6) is 0 Å². The van der Waals surface area contributed by atoms with Gasteiger partial charge in [0.15, 0.2) is 11.9 Å². The largest absolute Gasteiger partial charge is 0.458 e. The van der Waals surface area contributed by atoms with Crippen molar-refractivity contribution < 1.29 is 43.2 Å². The summed E-state index contributed by atoms with van der Waals surface area (Å²) in [5, 5.41) is 11.6. The second kappa shape index (κ2) is 17.4. The van der Waals surface area contributed by atoms with E-state index in [1.54, 1.807) is 24.2 Å². The fourth-order valence-electron chi connectivity index (χ4n) is 9.53. The van der Waals surface area contributed by atoms with Gasteiger partial charge < -0.3 is 33.7 Å². The van der Waals surface area contributed by atoms with Crippen LogP contribution in [0.15, 0.2) is 41.7 Å². The number of ketones is 1. The minimum absolute atomic E-state index is 0.202. The molecule has 0 saturated carbocycles. The molecule has 2 bridgehead atoms. The number of ether oxygens (including phenoxy) is 5. The van der Waals surface area contributed by atoms with Crippen LogP contribution < -0.4 is 0 Å². The summed E-state index contributed by atoms with van der Waals surface area (Å²) in [4.78, 5) is 58.9. The van der Waals surface area contributed by atoms with E-state index in [9.17, 15) is 19.5 Å². The van der Waals surface area contributed by atoms with Crippen molar-refractivity contribution in [1.29, 1.82) is 0 Å². The van der Waals surface area contributed by atoms with Crippen LogP contribution in [0.2, 0.25) is 0 Å². The molecule has 13 atom stereocenters. The number of Topliss-reactive ketones (excluding diaryl/α,β-unsaturated/α-hetero) is 1. The molecule has 6 rings (SSSR count). The van der Waals surface area contributed by atoms with Gasteiger partial charge in [-0.25, -0.2) is 4.79 Å². The van der Waals surface area contributed by atoms with Gasteiger partial charge in [0.05, 0.1) is 48.5 Å². The van der Waals surface area contributed by atoms with Gasteiger partial charge in [0, 0.05) is 59.9 Å². The Bertz CT molecular complexity index is 1800. The molecule has 0 spiro atoms. The van der Waals surface area contributed by atoms with Crippen LogP contribution in [0.3, 0.4) is 0 Å². The minimum Gasteiger partial charge on any atom is -0.458 e. The zero-order valence-corrected chi connectivity index (χ0v) is 34.2. The summed E-state index contributed by atoms with van der Waals surface area (Å²) in [6.07, 6.45) is 2.69. The zero-order valence-electron chi connectivity index (χ0n) is 34.2. The molecule has 5 heterocycles. The molecule has 3 fully saturated rings. The smallest absolute Gasteiger partial charge is 0.410 e. The van der Waals surface area contributed by atoms with Crippen LogP contribution in [0.4, 0.5) is 4.79 Å². The van der Waals surface area contributed by atoms with Crippen LogP contribution in [-0.2, 0) is 33.3 Å². The Labute approximate surface area is 330 Å². The molecule has 4 aliphatic heterocycles. The first-order chi connectivity index (χ1) is 26.7. The standard InChI is InChI=1S/C42H59N5O9/c1-10-32-42(7)39-26(5)34(45-18-19-47(39)41(51)56-42)25(4)37(52-20-12-14-28-13-11-15-29-35(28)44-17-16-43-29)27(6)38(24(3)31(48)22-33(49)54-32)55-40-36(50)30(46(8)9)21-23(2)53-40/h11-17,23-27,30,32,36-40,50H,10,18-22H2,1-9H3/b14-12+/t23-,24+,25+,26-,27-,30+,32+,36-,37+,38-,39?,40+,42-/m1/s1. The van der Waals surface area contributed by atoms with E-state index >= 15 is 0 Å². The maximum absolute atomic E-state index is 14.1. The average molecular weight is 778 g/mol. The third-order valence-corrected chi connectivity index (χ3v) is 12.4. The van der Waals surface area contributed by atoms with Gasteiger partial charge in [0.25, 0.3) is 0 Å². The molecule has 2 aromatic rings. The van der Waals surface area contributed by atoms with Gasteiger partial charge in [-0.3, -0.25) is 29.4 Å². The van der Waals surface area contributed by atoms with Gasteiger partial charge in [-0.2, -0.15) is 0 Å². The predicted octanol–water partition coefficient (Wildman–Crippen LogP) is 4.71. The second-order valence-corrected chi connectivity index (χ2v) is 16.4. The highest BCUT2D eigenvalue weighted by Crippen LogP contribution is 2.43. The quantitative estimate of drug-likeness (QED) is 0.291. The molecule has 0 radical (unpaired) electrons. The Morgan fingerprint density at radius 3 is 2.52 bits per heavy atom. The van der Waals surface area contributed by atoms with Crippen molar-refractivity contribution in [2.24, 2.45) is 28.7 Å². The zero-order chi connectivity index (χ0) is 40.5. The fraction of sp³-hybridized carbons (Fsp3) is 0.667. The Kier molecular flexibility index (Phi) is 13.0. The van der Waals surface area contributed by atoms with Crippen LogP contribution in [0.1, 0.15) is 73.3 Å². The molecule has 306 valence electrons. The number of para-hydroxylation sites is 1. The third-order valence-electron chi connectivity index (χ3n) is 12.4. The summed E-state index contributed by atoms with van der Waals surface area (Å²) >= 11 is 0. The highest BCUT2D eigenvalue weighted by molar-refractivity contribution is 5.97. The summed E-state index contributed by atoms with van der Waals surface area (Å²) in [5.41, 5.74) is 2.08. The van der Waals surface area contributed by atoms with E-state index < -0.39 is 72.7 Å². The van der Waals surface area contributed by atoms with Crippen molar-refractivity contribution in [3.63, 3.8) is 0 Å². The van der Waals surface area contributed by atoms with Gasteiger partial charge in [0.1, 0.15) is 24.4 Å². The monoisotopic (exact) mass is 777 g/mol. The first kappa shape index (κ1) is 41.8. The van der Waals surface area contributed by atoms with Crippen LogP contribution >= 0.6 is 0 Å². The summed E-state index contributed by atoms with van der Waals surface area (Å²) in [7, 11) is 3.81. The SMILES string of the molecule is CC[C@@H]1OC(=O)CC(=O)[C@H](C)[C@@H](O[C@@H]2O[C@H](C)C[C@H](N(C)C)[C@H]2O)[C@H](C)[C@@H](OC/C=C/c2cccc3nccnc23)[C@@H](C)C2=NCCN3C(=O)O[C@@]1(C)C3[C@@H]2C. The Hall–Kier alpha value is -3.82. The molecule has 1 amide bonds. The van der Waals surface area contributed by atoms with Crippen molar-refractivity contribution in [3.05, 3.63) is 42.2 Å². The van der Waals surface area contributed by atoms with Gasteiger partial charge in [0.2, 0.25) is 0 Å². The number of fused-ring (bicyclic) bond motifs is 2. The van der Waals surface area contributed by atoms with Gasteiger partial charge in [-0.05, 0) is 46.9 Å². The van der Waals surface area contributed by atoms with Crippen LogP contribution in [0.25, 0.3) is 17.1 Å². The van der Waals surface area contributed by atoms with E-state index in [1.165, 1.54) is 0 Å². The number of hydrogen-bond donors (Lipinski definition) is 1. The number of carbonyl (C=O) groups is 3. The molecule has 0 aliphatic carbocycles. The molecular formula is C42H59N5O9. The summed E-state index contributed by atoms with van der Waals surface area (Å²) in [6.45, 7) is 14.3. The Morgan fingerprint density at radius 1 is 1.04 bits per heavy atom. The number of aliphatic hydroxyl groups is 1. The topological polar surface area (TPSA) is 162 Å². The molecule has 1 unspecified atom stereocenters. The minimum atomic E-state index is -1.20. The highest BCUT2D eigenvalue weighted by atomic mass is 16.7. The van der Waals surface area contributed by atoms with Crippen LogP contribution in [-0.4, -0.2) is 137 Å². The molecule has 1 aromatic carbocycles. The number of cyclic esters (lactones) is 1. The van der Waals surface area contributed by atoms with E-state index in [2.05, 4.69) is 16.9 Å². The lowest BCUT2D eigenvalue weighted by Crippen LogP contribution is -2.58. The lowest BCUT2D eigenvalue weighted by atomic mass is 9.73. The normalized spacial score (nSPS) is 37.3. The maximum Gasteiger partial charge on any atom is 0.410 e. The van der Waals surface area contributed by atoms with Crippen molar-refractivity contribution >= 4 is 40.7 Å². The number of rotatable bonds is 8. The van der Waals surface area contributed by atoms with E-state index in [4.69, 9.17) is 28.7 Å². The average Bonchev–Trinajstić information content (AvgIpc) is 3.29. The number of carbonyl (C=O) groups excluding carboxylic acids is 3. The third kappa shape index (κ3) is 8.27. The van der Waals surface area contributed by atoms with E-state index in [1.807, 2.05) is 84.0 Å². The molecular weight excluding hydrogens is 718 g/mol. The number of likely N-dealkylation sites (N-methyl/N-ethyl adjacent to an activating group) is 1. The number of aromatic nitrogens is 2. The summed E-state index contributed by atoms with van der Waals surface area (Å²) < 4.78 is 32.0. The maximum atomic E-state index is 14.1. The molecule has 56 heavy (non-hydrogen) atoms. The van der Waals surface area contributed by atoms with Gasteiger partial charge in [-0.1, -0.05) is 58.9 Å². The molecule has 1 aromatic heterocycles. The Balaban J connectivity index is 1.40. The molecule has 14 heteroatoms. The number of aliphatic imine (C=N–C) groups is 1. The van der Waals surface area contributed by atoms with Gasteiger partial charge in [-0.15, -0.1) is 0 Å². The van der Waals surface area contributed by atoms with Crippen molar-refractivity contribution in [2.45, 2.75) is 122 Å². The molecule has 3 saturated heterocycles. The van der Waals surface area contributed by atoms with E-state index in [0.717, 1.165) is 22.3 Å². The predicted molar refractivity (Wildman–Crippen MR) is 210 cm³/mol. The lowest BCUT2D eigenvalue weighted by Gasteiger charge is -2.45. The second-order valence-electron chi connectivity index (χ2n) is 16.4. The molecule has 1 N–H and O–H groups in total. The molecule has 4 aliphatic rings. The summed E-state index contributed by atoms with van der Waals surface area (Å²) in [6, 6.07) is 5.08. The molecule has 14 nitrogen and oxygen atoms in total. The number of amides is 1. The van der Waals surface area contributed by atoms with E-state index in [0.29, 0.717) is 25.9 Å². The van der Waals surface area contributed by atoms with Crippen molar-refractivity contribution in [1.82, 2.24) is 19.8 Å². The fourth-order valence-corrected chi connectivity index (χ4v) is 9.53. The van der Waals surface area contributed by atoms with Crippen molar-refractivity contribution in [2.75, 3.05) is 33.8 Å².